The Balaban J connectivity index is 2.30. The molecule has 0 saturated carbocycles. The van der Waals surface area contributed by atoms with Gasteiger partial charge < -0.3 is 15.8 Å². The first-order valence-corrected chi connectivity index (χ1v) is 3.50. The summed E-state index contributed by atoms with van der Waals surface area (Å²) in [7, 11) is 2.11. The maximum Gasteiger partial charge on any atom is 0.0591 e. The molecule has 0 fully saturated rings. The first kappa shape index (κ1) is 5.65. The van der Waals surface area contributed by atoms with E-state index in [4.69, 9.17) is 0 Å². The van der Waals surface area contributed by atoms with Gasteiger partial charge in [-0.1, -0.05) is 0 Å². The number of hydrazine groups is 1. The Kier molecular flexibility index (Phi) is 1.09. The number of hydrogen-bond acceptors (Lipinski definition) is 3. The highest BCUT2D eigenvalue weighted by atomic mass is 15.4. The van der Waals surface area contributed by atoms with Crippen LogP contribution in [-0.2, 0) is 0 Å². The van der Waals surface area contributed by atoms with E-state index in [-0.39, 0.29) is 0 Å². The summed E-state index contributed by atoms with van der Waals surface area (Å²) in [4.78, 5) is 2.25. The van der Waals surface area contributed by atoms with Crippen LogP contribution in [-0.4, -0.2) is 18.5 Å². The van der Waals surface area contributed by atoms with Gasteiger partial charge in [-0.2, -0.15) is 0 Å². The molecule has 0 atom stereocenters. The molecular weight excluding hydrogens is 126 g/mol. The zero-order valence-corrected chi connectivity index (χ0v) is 6.02. The topological polar surface area (TPSA) is 27.3 Å². The molecule has 3 heteroatoms. The van der Waals surface area contributed by atoms with E-state index >= 15 is 0 Å². The number of rotatable bonds is 0. The van der Waals surface area contributed by atoms with Crippen molar-refractivity contribution in [2.75, 3.05) is 13.6 Å². The maximum absolute atomic E-state index is 3.11. The van der Waals surface area contributed by atoms with Gasteiger partial charge in [-0.3, -0.25) is 0 Å². The lowest BCUT2D eigenvalue weighted by Gasteiger charge is -2.16. The average Bonchev–Trinajstić information content (AvgIpc) is 2.34. The first-order chi connectivity index (χ1) is 4.88. The number of likely N-dealkylation sites (N-methyl/N-ethyl adjacent to an activating group) is 1. The molecule has 3 nitrogen and oxygen atoms in total. The van der Waals surface area contributed by atoms with Gasteiger partial charge in [0.15, 0.2) is 0 Å². The van der Waals surface area contributed by atoms with Crippen molar-refractivity contribution >= 4 is 0 Å². The van der Waals surface area contributed by atoms with Crippen LogP contribution in [0.1, 0.15) is 6.42 Å². The van der Waals surface area contributed by atoms with Crippen molar-refractivity contribution in [2.24, 2.45) is 0 Å². The van der Waals surface area contributed by atoms with E-state index in [0.717, 1.165) is 13.0 Å². The quantitative estimate of drug-likeness (QED) is 0.498. The molecule has 2 aliphatic rings. The van der Waals surface area contributed by atoms with Gasteiger partial charge in [-0.25, -0.2) is 0 Å². The van der Waals surface area contributed by atoms with E-state index in [9.17, 15) is 0 Å². The molecule has 2 N–H and O–H groups in total. The molecule has 2 aliphatic heterocycles. The fraction of sp³-hybridized carbons (Fsp3) is 0.429. The van der Waals surface area contributed by atoms with Gasteiger partial charge in [0.25, 0.3) is 0 Å². The number of nitrogens with one attached hydrogen (secondary N) is 2. The number of nitrogens with zero attached hydrogens (tertiary/aromatic N) is 1. The normalized spacial score (nSPS) is 22.3. The van der Waals surface area contributed by atoms with Gasteiger partial charge in [0, 0.05) is 26.2 Å². The van der Waals surface area contributed by atoms with Crippen LogP contribution in [0.5, 0.6) is 0 Å². The first-order valence-electron chi connectivity index (χ1n) is 3.50. The summed E-state index contributed by atoms with van der Waals surface area (Å²) in [6.07, 6.45) is 5.14. The van der Waals surface area contributed by atoms with Gasteiger partial charge in [-0.05, 0) is 6.08 Å². The van der Waals surface area contributed by atoms with Gasteiger partial charge in [0.1, 0.15) is 0 Å². The van der Waals surface area contributed by atoms with Crippen molar-refractivity contribution in [1.82, 2.24) is 15.8 Å². The molecule has 0 amide bonds. The predicted molar refractivity (Wildman–Crippen MR) is 39.7 cm³/mol. The van der Waals surface area contributed by atoms with E-state index < -0.39 is 0 Å². The van der Waals surface area contributed by atoms with Crippen molar-refractivity contribution in [3.05, 3.63) is 23.7 Å². The smallest absolute Gasteiger partial charge is 0.0591 e. The Morgan fingerprint density at radius 1 is 1.60 bits per heavy atom. The summed E-state index contributed by atoms with van der Waals surface area (Å²) in [5.41, 5.74) is 8.70. The van der Waals surface area contributed by atoms with E-state index in [0.29, 0.717) is 0 Å². The molecule has 0 radical (unpaired) electrons. The summed E-state index contributed by atoms with van der Waals surface area (Å²) in [6, 6.07) is 0. The Hall–Kier alpha value is -1.12. The van der Waals surface area contributed by atoms with Crippen LogP contribution in [0.15, 0.2) is 23.7 Å². The van der Waals surface area contributed by atoms with Crippen LogP contribution in [0.4, 0.5) is 0 Å². The molecule has 2 heterocycles. The van der Waals surface area contributed by atoms with E-state index in [1.165, 1.54) is 11.4 Å². The van der Waals surface area contributed by atoms with E-state index in [1.54, 1.807) is 0 Å². The minimum Gasteiger partial charge on any atom is -0.373 e. The van der Waals surface area contributed by atoms with Gasteiger partial charge >= 0.3 is 0 Å². The second-order valence-electron chi connectivity index (χ2n) is 2.64. The molecule has 0 aromatic heterocycles. The lowest BCUT2D eigenvalue weighted by Crippen LogP contribution is -2.29. The Bertz CT molecular complexity index is 205. The zero-order chi connectivity index (χ0) is 6.97. The fourth-order valence-corrected chi connectivity index (χ4v) is 1.36. The standard InChI is InChI=1S/C7H11N3/c1-10-5-3-6-7(10)2-4-8-9-6/h2,4,8-9H,3,5H2,1H3. The monoisotopic (exact) mass is 137 g/mol. The van der Waals surface area contributed by atoms with Gasteiger partial charge in [0.2, 0.25) is 0 Å². The van der Waals surface area contributed by atoms with Gasteiger partial charge in [-0.15, -0.1) is 0 Å². The van der Waals surface area contributed by atoms with Crippen molar-refractivity contribution in [2.45, 2.75) is 6.42 Å². The van der Waals surface area contributed by atoms with Crippen molar-refractivity contribution in [3.8, 4) is 0 Å². The second kappa shape index (κ2) is 1.94. The summed E-state index contributed by atoms with van der Waals surface area (Å²) >= 11 is 0. The fourth-order valence-electron chi connectivity index (χ4n) is 1.36. The Morgan fingerprint density at radius 2 is 2.50 bits per heavy atom. The third-order valence-electron chi connectivity index (χ3n) is 1.97. The lowest BCUT2D eigenvalue weighted by molar-refractivity contribution is 0.471. The summed E-state index contributed by atoms with van der Waals surface area (Å²) in [6.45, 7) is 1.13. The van der Waals surface area contributed by atoms with Gasteiger partial charge in [0.05, 0.1) is 11.4 Å². The molecule has 0 aromatic rings. The largest absolute Gasteiger partial charge is 0.373 e. The van der Waals surface area contributed by atoms with Crippen molar-refractivity contribution in [1.29, 1.82) is 0 Å². The van der Waals surface area contributed by atoms with Crippen LogP contribution in [0.25, 0.3) is 0 Å². The Morgan fingerprint density at radius 3 is 3.30 bits per heavy atom. The molecule has 0 aliphatic carbocycles. The second-order valence-corrected chi connectivity index (χ2v) is 2.64. The summed E-state index contributed by atoms with van der Waals surface area (Å²) in [5.74, 6) is 0. The minimum atomic E-state index is 1.13. The highest BCUT2D eigenvalue weighted by molar-refractivity contribution is 5.29. The number of allylic oxidation sites excluding steroid dienone is 1. The van der Waals surface area contributed by atoms with Crippen LogP contribution in [0.3, 0.4) is 0 Å². The van der Waals surface area contributed by atoms with Crippen LogP contribution < -0.4 is 10.9 Å². The molecular formula is C7H11N3. The molecule has 2 rings (SSSR count). The minimum absolute atomic E-state index is 1.13. The molecule has 0 spiro atoms. The third kappa shape index (κ3) is 0.667. The van der Waals surface area contributed by atoms with Crippen LogP contribution in [0.2, 0.25) is 0 Å². The molecule has 54 valence electrons. The SMILES string of the molecule is CN1CCC2=C1C=CNN2. The summed E-state index contributed by atoms with van der Waals surface area (Å²) < 4.78 is 0. The molecule has 0 aromatic carbocycles. The zero-order valence-electron chi connectivity index (χ0n) is 6.02. The molecule has 10 heavy (non-hydrogen) atoms. The van der Waals surface area contributed by atoms with E-state index in [1.807, 2.05) is 6.20 Å². The molecule has 0 unspecified atom stereocenters. The lowest BCUT2D eigenvalue weighted by atomic mass is 10.3. The summed E-state index contributed by atoms with van der Waals surface area (Å²) in [5, 5.41) is 0. The van der Waals surface area contributed by atoms with Crippen molar-refractivity contribution in [3.63, 3.8) is 0 Å². The van der Waals surface area contributed by atoms with E-state index in [2.05, 4.69) is 28.9 Å². The predicted octanol–water partition coefficient (Wildman–Crippen LogP) is 0.155. The molecule has 0 saturated heterocycles. The van der Waals surface area contributed by atoms with Crippen molar-refractivity contribution < 1.29 is 0 Å². The highest BCUT2D eigenvalue weighted by Crippen LogP contribution is 2.20. The molecule has 0 bridgehead atoms. The third-order valence-corrected chi connectivity index (χ3v) is 1.97. The highest BCUT2D eigenvalue weighted by Gasteiger charge is 2.18. The number of hydrogen-bond donors (Lipinski definition) is 2. The van der Waals surface area contributed by atoms with Crippen LogP contribution in [0, 0.1) is 0 Å². The maximum atomic E-state index is 3.11. The average molecular weight is 137 g/mol. The Labute approximate surface area is 60.4 Å². The van der Waals surface area contributed by atoms with Crippen LogP contribution >= 0.6 is 0 Å².